The Kier molecular flexibility index (Phi) is 2.92. The van der Waals surface area contributed by atoms with Crippen molar-refractivity contribution in [2.75, 3.05) is 5.73 Å². The summed E-state index contributed by atoms with van der Waals surface area (Å²) in [4.78, 5) is 18.3. The zero-order valence-corrected chi connectivity index (χ0v) is 9.46. The number of hydrogen-bond acceptors (Lipinski definition) is 5. The molecule has 0 aliphatic heterocycles. The number of anilines is 1. The number of nitrogens with zero attached hydrogens (tertiary/aromatic N) is 4. The van der Waals surface area contributed by atoms with E-state index in [2.05, 4.69) is 15.1 Å². The van der Waals surface area contributed by atoms with Crippen LogP contribution in [0.2, 0.25) is 0 Å². The predicted molar refractivity (Wildman–Crippen MR) is 59.9 cm³/mol. The van der Waals surface area contributed by atoms with Crippen LogP contribution in [0.3, 0.4) is 0 Å². The molecule has 2 rings (SSSR count). The minimum absolute atomic E-state index is 0.0569. The molecule has 0 amide bonds. The van der Waals surface area contributed by atoms with Gasteiger partial charge in [-0.15, -0.1) is 0 Å². The fourth-order valence-corrected chi connectivity index (χ4v) is 1.46. The minimum Gasteiger partial charge on any atom is -0.476 e. The Morgan fingerprint density at radius 3 is 2.83 bits per heavy atom. The summed E-state index contributed by atoms with van der Waals surface area (Å²) in [6.45, 7) is 1.75. The molecule has 0 spiro atoms. The number of hydrogen-bond donors (Lipinski definition) is 2. The van der Waals surface area contributed by atoms with E-state index in [1.54, 1.807) is 6.92 Å². The van der Waals surface area contributed by atoms with Crippen LogP contribution in [0.1, 0.15) is 23.1 Å². The van der Waals surface area contributed by atoms with Gasteiger partial charge in [0.1, 0.15) is 6.33 Å². The quantitative estimate of drug-likeness (QED) is 0.829. The second-order valence-corrected chi connectivity index (χ2v) is 3.49. The average Bonchev–Trinajstić information content (AvgIpc) is 2.71. The van der Waals surface area contributed by atoms with Crippen molar-refractivity contribution in [3.63, 3.8) is 0 Å². The lowest BCUT2D eigenvalue weighted by atomic mass is 10.3. The van der Waals surface area contributed by atoms with E-state index in [0.29, 0.717) is 6.42 Å². The topological polar surface area (TPSA) is 107 Å². The molecule has 0 saturated carbocycles. The van der Waals surface area contributed by atoms with Crippen molar-refractivity contribution in [3.05, 3.63) is 29.7 Å². The summed E-state index contributed by atoms with van der Waals surface area (Å²) in [5, 5.41) is 12.5. The van der Waals surface area contributed by atoms with Gasteiger partial charge in [0.25, 0.3) is 0 Å². The summed E-state index contributed by atoms with van der Waals surface area (Å²) in [7, 11) is 0. The fourth-order valence-electron chi connectivity index (χ4n) is 1.46. The van der Waals surface area contributed by atoms with Crippen molar-refractivity contribution in [2.45, 2.75) is 13.3 Å². The van der Waals surface area contributed by atoms with E-state index in [9.17, 15) is 9.18 Å². The lowest BCUT2D eigenvalue weighted by Crippen LogP contribution is -2.08. The molecule has 2 heterocycles. The van der Waals surface area contributed by atoms with Gasteiger partial charge in [0, 0.05) is 0 Å². The summed E-state index contributed by atoms with van der Waals surface area (Å²) in [5.74, 6) is -2.04. The van der Waals surface area contributed by atoms with E-state index in [1.165, 1.54) is 12.5 Å². The number of nitrogen functional groups attached to an aromatic ring is 1. The van der Waals surface area contributed by atoms with Crippen LogP contribution in [0.25, 0.3) is 5.82 Å². The largest absolute Gasteiger partial charge is 0.476 e. The molecule has 8 heteroatoms. The number of halogens is 1. The molecule has 0 bridgehead atoms. The van der Waals surface area contributed by atoms with Crippen LogP contribution in [-0.4, -0.2) is 30.8 Å². The van der Waals surface area contributed by atoms with Gasteiger partial charge in [-0.3, -0.25) is 0 Å². The summed E-state index contributed by atoms with van der Waals surface area (Å²) < 4.78 is 14.9. The Morgan fingerprint density at radius 2 is 2.28 bits per heavy atom. The highest BCUT2D eigenvalue weighted by molar-refractivity contribution is 5.91. The molecular weight excluding hydrogens is 241 g/mol. The Balaban J connectivity index is 2.56. The van der Waals surface area contributed by atoms with Gasteiger partial charge >= 0.3 is 5.97 Å². The highest BCUT2D eigenvalue weighted by atomic mass is 19.1. The third-order valence-corrected chi connectivity index (χ3v) is 2.34. The Bertz CT molecular complexity index is 610. The number of nitrogens with two attached hydrogens (primary N) is 1. The third kappa shape index (κ3) is 1.88. The number of carboxylic acids is 1. The van der Waals surface area contributed by atoms with Crippen molar-refractivity contribution in [1.29, 1.82) is 0 Å². The zero-order chi connectivity index (χ0) is 13.3. The first-order chi connectivity index (χ1) is 8.54. The standard InChI is InChI=1S/C10H10FN5O2/c1-2-6-7(11)9(14-4-13-6)16-3-5(12)8(15-16)10(17)18/h3-4H,2,12H2,1H3,(H,17,18). The van der Waals surface area contributed by atoms with Crippen LogP contribution >= 0.6 is 0 Å². The lowest BCUT2D eigenvalue weighted by Gasteiger charge is -2.04. The maximum Gasteiger partial charge on any atom is 0.358 e. The molecule has 18 heavy (non-hydrogen) atoms. The molecule has 0 aromatic carbocycles. The van der Waals surface area contributed by atoms with Gasteiger partial charge in [-0.25, -0.2) is 23.8 Å². The van der Waals surface area contributed by atoms with E-state index in [4.69, 9.17) is 10.8 Å². The van der Waals surface area contributed by atoms with E-state index >= 15 is 0 Å². The zero-order valence-electron chi connectivity index (χ0n) is 9.46. The molecule has 0 radical (unpaired) electrons. The van der Waals surface area contributed by atoms with Gasteiger partial charge < -0.3 is 10.8 Å². The summed E-state index contributed by atoms with van der Waals surface area (Å²) in [5.41, 5.74) is 5.30. The van der Waals surface area contributed by atoms with Crippen molar-refractivity contribution >= 4 is 11.7 Å². The SMILES string of the molecule is CCc1ncnc(-n2cc(N)c(C(=O)O)n2)c1F. The Morgan fingerprint density at radius 1 is 1.56 bits per heavy atom. The number of carbonyl (C=O) groups is 1. The molecule has 3 N–H and O–H groups in total. The lowest BCUT2D eigenvalue weighted by molar-refractivity contribution is 0.0691. The number of aryl methyl sites for hydroxylation is 1. The minimum atomic E-state index is -1.28. The van der Waals surface area contributed by atoms with Crippen molar-refractivity contribution < 1.29 is 14.3 Å². The highest BCUT2D eigenvalue weighted by Crippen LogP contribution is 2.16. The molecule has 0 atom stereocenters. The maximum absolute atomic E-state index is 13.9. The molecule has 7 nitrogen and oxygen atoms in total. The monoisotopic (exact) mass is 251 g/mol. The van der Waals surface area contributed by atoms with E-state index in [1.807, 2.05) is 0 Å². The van der Waals surface area contributed by atoms with Crippen LogP contribution in [0.4, 0.5) is 10.1 Å². The van der Waals surface area contributed by atoms with Gasteiger partial charge in [-0.05, 0) is 6.42 Å². The molecular formula is C10H10FN5O2. The van der Waals surface area contributed by atoms with Gasteiger partial charge in [0.15, 0.2) is 17.3 Å². The molecule has 94 valence electrons. The number of carboxylic acid groups (broad SMARTS) is 1. The van der Waals surface area contributed by atoms with Crippen molar-refractivity contribution in [1.82, 2.24) is 19.7 Å². The third-order valence-electron chi connectivity index (χ3n) is 2.34. The number of rotatable bonds is 3. The molecule has 2 aromatic rings. The first-order valence-electron chi connectivity index (χ1n) is 5.12. The van der Waals surface area contributed by atoms with Crippen LogP contribution in [0, 0.1) is 5.82 Å². The smallest absolute Gasteiger partial charge is 0.358 e. The van der Waals surface area contributed by atoms with E-state index in [-0.39, 0.29) is 22.9 Å². The maximum atomic E-state index is 13.9. The number of aromatic nitrogens is 4. The first-order valence-corrected chi connectivity index (χ1v) is 5.12. The molecule has 2 aromatic heterocycles. The second kappa shape index (κ2) is 4.40. The van der Waals surface area contributed by atoms with Crippen LogP contribution in [0.15, 0.2) is 12.5 Å². The van der Waals surface area contributed by atoms with Gasteiger partial charge in [-0.1, -0.05) is 6.92 Å². The van der Waals surface area contributed by atoms with Crippen molar-refractivity contribution in [2.24, 2.45) is 0 Å². The highest BCUT2D eigenvalue weighted by Gasteiger charge is 2.18. The van der Waals surface area contributed by atoms with Crippen LogP contribution < -0.4 is 5.73 Å². The average molecular weight is 251 g/mol. The van der Waals surface area contributed by atoms with Crippen LogP contribution in [-0.2, 0) is 6.42 Å². The van der Waals surface area contributed by atoms with Crippen LogP contribution in [0.5, 0.6) is 0 Å². The summed E-state index contributed by atoms with van der Waals surface area (Å²) in [6.07, 6.45) is 2.79. The first kappa shape index (κ1) is 12.0. The van der Waals surface area contributed by atoms with Gasteiger partial charge in [0.05, 0.1) is 17.6 Å². The molecule has 0 aliphatic rings. The Labute approximate surface area is 101 Å². The fraction of sp³-hybridized carbons (Fsp3) is 0.200. The van der Waals surface area contributed by atoms with Gasteiger partial charge in [0.2, 0.25) is 0 Å². The summed E-state index contributed by atoms with van der Waals surface area (Å²) >= 11 is 0. The Hall–Kier alpha value is -2.51. The molecule has 0 aliphatic carbocycles. The normalized spacial score (nSPS) is 10.6. The molecule has 0 unspecified atom stereocenters. The van der Waals surface area contributed by atoms with Gasteiger partial charge in [-0.2, -0.15) is 5.10 Å². The van der Waals surface area contributed by atoms with E-state index < -0.39 is 11.8 Å². The summed E-state index contributed by atoms with van der Waals surface area (Å²) in [6, 6.07) is 0. The second-order valence-electron chi connectivity index (χ2n) is 3.49. The van der Waals surface area contributed by atoms with E-state index in [0.717, 1.165) is 4.68 Å². The number of aromatic carboxylic acids is 1. The molecule has 0 fully saturated rings. The molecule has 0 saturated heterocycles. The van der Waals surface area contributed by atoms with Crippen molar-refractivity contribution in [3.8, 4) is 5.82 Å². The predicted octanol–water partition coefficient (Wildman–Crippen LogP) is 0.644.